The molecule has 0 atom stereocenters. The van der Waals surface area contributed by atoms with Crippen molar-refractivity contribution in [2.45, 2.75) is 0 Å². The molecule has 0 fully saturated rings. The van der Waals surface area contributed by atoms with Crippen LogP contribution in [0.3, 0.4) is 0 Å². The zero-order chi connectivity index (χ0) is 11.4. The Morgan fingerprint density at radius 3 is 1.88 bits per heavy atom. The van der Waals surface area contributed by atoms with Crippen LogP contribution in [0.5, 0.6) is 0 Å². The number of hydrogen-bond donors (Lipinski definition) is 0. The molecule has 0 unspecified atom stereocenters. The molecule has 0 saturated heterocycles. The van der Waals surface area contributed by atoms with Gasteiger partial charge in [-0.15, -0.1) is 0 Å². The summed E-state index contributed by atoms with van der Waals surface area (Å²) >= 11 is 6.88. The van der Waals surface area contributed by atoms with Gasteiger partial charge in [-0.1, -0.05) is 61.9 Å². The van der Waals surface area contributed by atoms with Crippen LogP contribution in [-0.2, 0) is 0 Å². The van der Waals surface area contributed by atoms with E-state index in [1.165, 1.54) is 0 Å². The fraction of sp³-hybridized carbons (Fsp3) is 0. The van der Waals surface area contributed by atoms with E-state index in [1.807, 2.05) is 48.5 Å². The van der Waals surface area contributed by atoms with Crippen LogP contribution in [0.25, 0.3) is 0 Å². The highest BCUT2D eigenvalue weighted by molar-refractivity contribution is 9.11. The maximum Gasteiger partial charge on any atom is 0.0271 e. The summed E-state index contributed by atoms with van der Waals surface area (Å²) in [5.41, 5.74) is 2.02. The molecule has 0 aliphatic heterocycles. The molecule has 2 heteroatoms. The number of halogens is 2. The zero-order valence-corrected chi connectivity index (χ0v) is 11.5. The highest BCUT2D eigenvalue weighted by atomic mass is 79.9. The molecule has 16 heavy (non-hydrogen) atoms. The molecule has 0 aliphatic rings. The van der Waals surface area contributed by atoms with Gasteiger partial charge in [0.2, 0.25) is 0 Å². The minimum atomic E-state index is 0.991. The van der Waals surface area contributed by atoms with Crippen molar-refractivity contribution in [2.75, 3.05) is 0 Å². The summed E-state index contributed by atoms with van der Waals surface area (Å²) in [6, 6.07) is 16.0. The second-order valence-electron chi connectivity index (χ2n) is 3.27. The third kappa shape index (κ3) is 3.23. The van der Waals surface area contributed by atoms with Crippen LogP contribution in [0.1, 0.15) is 11.1 Å². The van der Waals surface area contributed by atoms with Gasteiger partial charge in [-0.2, -0.15) is 0 Å². The van der Waals surface area contributed by atoms with Crippen molar-refractivity contribution in [1.82, 2.24) is 0 Å². The predicted molar refractivity (Wildman–Crippen MR) is 74.3 cm³/mol. The van der Waals surface area contributed by atoms with Gasteiger partial charge in [-0.25, -0.2) is 0 Å². The standard InChI is InChI=1S/C14H8Br2/c15-13-8-12(9-14(16)10-13)7-6-11-4-2-1-3-5-11/h1-5,8-10H. The van der Waals surface area contributed by atoms with Gasteiger partial charge in [-0.3, -0.25) is 0 Å². The highest BCUT2D eigenvalue weighted by Crippen LogP contribution is 2.19. The Kier molecular flexibility index (Phi) is 3.82. The van der Waals surface area contributed by atoms with Crippen molar-refractivity contribution < 1.29 is 0 Å². The van der Waals surface area contributed by atoms with Gasteiger partial charge in [0.25, 0.3) is 0 Å². The molecule has 2 aromatic carbocycles. The van der Waals surface area contributed by atoms with Gasteiger partial charge in [0.15, 0.2) is 0 Å². The van der Waals surface area contributed by atoms with Gasteiger partial charge in [0.1, 0.15) is 0 Å². The second-order valence-corrected chi connectivity index (χ2v) is 5.11. The average molecular weight is 336 g/mol. The topological polar surface area (TPSA) is 0 Å². The van der Waals surface area contributed by atoms with E-state index < -0.39 is 0 Å². The first-order chi connectivity index (χ1) is 7.74. The van der Waals surface area contributed by atoms with E-state index in [0.29, 0.717) is 0 Å². The fourth-order valence-electron chi connectivity index (χ4n) is 1.29. The minimum absolute atomic E-state index is 0.991. The lowest BCUT2D eigenvalue weighted by atomic mass is 10.2. The Hall–Kier alpha value is -1.04. The van der Waals surface area contributed by atoms with Crippen molar-refractivity contribution in [3.63, 3.8) is 0 Å². The molecule has 0 radical (unpaired) electrons. The lowest BCUT2D eigenvalue weighted by Crippen LogP contribution is -1.77. The Morgan fingerprint density at radius 1 is 0.688 bits per heavy atom. The summed E-state index contributed by atoms with van der Waals surface area (Å²) in [5.74, 6) is 6.26. The molecule has 0 saturated carbocycles. The van der Waals surface area contributed by atoms with Gasteiger partial charge in [0.05, 0.1) is 0 Å². The first-order valence-corrected chi connectivity index (χ1v) is 6.36. The van der Waals surface area contributed by atoms with Crippen LogP contribution in [0, 0.1) is 11.8 Å². The van der Waals surface area contributed by atoms with E-state index in [2.05, 4.69) is 43.7 Å². The minimum Gasteiger partial charge on any atom is -0.0622 e. The van der Waals surface area contributed by atoms with Gasteiger partial charge >= 0.3 is 0 Å². The second kappa shape index (κ2) is 5.34. The van der Waals surface area contributed by atoms with Crippen LogP contribution < -0.4 is 0 Å². The summed E-state index contributed by atoms with van der Waals surface area (Å²) in [7, 11) is 0. The fourth-order valence-corrected chi connectivity index (χ4v) is 2.59. The van der Waals surface area contributed by atoms with Gasteiger partial charge in [-0.05, 0) is 30.3 Å². The first kappa shape index (κ1) is 11.4. The van der Waals surface area contributed by atoms with Crippen LogP contribution in [-0.4, -0.2) is 0 Å². The zero-order valence-electron chi connectivity index (χ0n) is 8.37. The lowest BCUT2D eigenvalue weighted by Gasteiger charge is -1.95. The van der Waals surface area contributed by atoms with E-state index >= 15 is 0 Å². The Morgan fingerprint density at radius 2 is 1.25 bits per heavy atom. The smallest absolute Gasteiger partial charge is 0.0271 e. The molecule has 0 N–H and O–H groups in total. The van der Waals surface area contributed by atoms with Crippen molar-refractivity contribution in [3.8, 4) is 11.8 Å². The molecule has 0 spiro atoms. The number of hydrogen-bond acceptors (Lipinski definition) is 0. The molecular weight excluding hydrogens is 328 g/mol. The average Bonchev–Trinajstić information content (AvgIpc) is 2.27. The predicted octanol–water partition coefficient (Wildman–Crippen LogP) is 4.61. The molecular formula is C14H8Br2. The van der Waals surface area contributed by atoms with Gasteiger partial charge in [0, 0.05) is 20.1 Å². The molecule has 0 aromatic heterocycles. The molecule has 0 aliphatic carbocycles. The van der Waals surface area contributed by atoms with Crippen molar-refractivity contribution >= 4 is 31.9 Å². The molecule has 0 nitrogen and oxygen atoms in total. The Balaban J connectivity index is 2.31. The van der Waals surface area contributed by atoms with Gasteiger partial charge < -0.3 is 0 Å². The monoisotopic (exact) mass is 334 g/mol. The number of rotatable bonds is 0. The van der Waals surface area contributed by atoms with Crippen LogP contribution in [0.2, 0.25) is 0 Å². The summed E-state index contributed by atoms with van der Waals surface area (Å²) in [5, 5.41) is 0. The largest absolute Gasteiger partial charge is 0.0622 e. The number of benzene rings is 2. The van der Waals surface area contributed by atoms with Crippen LogP contribution >= 0.6 is 31.9 Å². The molecule has 0 bridgehead atoms. The molecule has 2 rings (SSSR count). The third-order valence-electron chi connectivity index (χ3n) is 1.99. The maximum absolute atomic E-state index is 3.44. The van der Waals surface area contributed by atoms with Crippen molar-refractivity contribution in [3.05, 3.63) is 68.6 Å². The van der Waals surface area contributed by atoms with E-state index in [1.54, 1.807) is 0 Å². The Labute approximate surface area is 112 Å². The summed E-state index contributed by atoms with van der Waals surface area (Å²) in [6.45, 7) is 0. The van der Waals surface area contributed by atoms with Crippen molar-refractivity contribution in [1.29, 1.82) is 0 Å². The molecule has 2 aromatic rings. The summed E-state index contributed by atoms with van der Waals surface area (Å²) in [4.78, 5) is 0. The lowest BCUT2D eigenvalue weighted by molar-refractivity contribution is 1.55. The van der Waals surface area contributed by atoms with Crippen LogP contribution in [0.4, 0.5) is 0 Å². The molecule has 78 valence electrons. The summed E-state index contributed by atoms with van der Waals surface area (Å²) < 4.78 is 2.05. The normalized spacial score (nSPS) is 9.38. The third-order valence-corrected chi connectivity index (χ3v) is 2.90. The molecule has 0 amide bonds. The van der Waals surface area contributed by atoms with E-state index in [0.717, 1.165) is 20.1 Å². The van der Waals surface area contributed by atoms with Crippen molar-refractivity contribution in [2.24, 2.45) is 0 Å². The maximum atomic E-state index is 3.44. The van der Waals surface area contributed by atoms with Crippen LogP contribution in [0.15, 0.2) is 57.5 Å². The SMILES string of the molecule is Brc1cc(Br)cc(C#Cc2ccccc2)c1. The van der Waals surface area contributed by atoms with E-state index in [-0.39, 0.29) is 0 Å². The summed E-state index contributed by atoms with van der Waals surface area (Å²) in [6.07, 6.45) is 0. The first-order valence-electron chi connectivity index (χ1n) is 4.77. The van der Waals surface area contributed by atoms with E-state index in [9.17, 15) is 0 Å². The van der Waals surface area contributed by atoms with E-state index in [4.69, 9.17) is 0 Å². The Bertz CT molecular complexity index is 528. The highest BCUT2D eigenvalue weighted by Gasteiger charge is 1.93. The molecule has 0 heterocycles. The quantitative estimate of drug-likeness (QED) is 0.617.